The van der Waals surface area contributed by atoms with Gasteiger partial charge in [0, 0.05) is 16.6 Å². The second-order valence-electron chi connectivity index (χ2n) is 7.61. The van der Waals surface area contributed by atoms with Crippen molar-refractivity contribution in [2.45, 2.75) is 19.8 Å². The van der Waals surface area contributed by atoms with Crippen molar-refractivity contribution in [3.05, 3.63) is 76.1 Å². The Morgan fingerprint density at radius 1 is 0.906 bits per heavy atom. The van der Waals surface area contributed by atoms with Gasteiger partial charge >= 0.3 is 0 Å². The Morgan fingerprint density at radius 2 is 1.62 bits per heavy atom. The van der Waals surface area contributed by atoms with Crippen molar-refractivity contribution in [2.75, 3.05) is 24.4 Å². The summed E-state index contributed by atoms with van der Waals surface area (Å²) in [5, 5.41) is 5.08. The van der Waals surface area contributed by atoms with Gasteiger partial charge in [0.05, 0.1) is 25.5 Å². The average molecular weight is 449 g/mol. The molecule has 0 aliphatic carbocycles. The molecule has 0 spiro atoms. The van der Waals surface area contributed by atoms with Crippen molar-refractivity contribution in [1.82, 2.24) is 0 Å². The summed E-state index contributed by atoms with van der Waals surface area (Å²) in [6, 6.07) is 16.6. The van der Waals surface area contributed by atoms with E-state index in [1.807, 2.05) is 41.8 Å². The van der Waals surface area contributed by atoms with Crippen molar-refractivity contribution in [3.8, 4) is 11.5 Å². The van der Waals surface area contributed by atoms with E-state index in [0.29, 0.717) is 28.7 Å². The highest BCUT2D eigenvalue weighted by atomic mass is 32.1. The van der Waals surface area contributed by atoms with Gasteiger partial charge in [-0.25, -0.2) is 4.90 Å². The molecule has 0 unspecified atom stereocenters. The average Bonchev–Trinajstić information content (AvgIpc) is 3.40. The van der Waals surface area contributed by atoms with E-state index in [1.54, 1.807) is 18.2 Å². The summed E-state index contributed by atoms with van der Waals surface area (Å²) in [7, 11) is 3.05. The fraction of sp³-hybridized carbons (Fsp3) is 0.200. The topological polar surface area (TPSA) is 67.9 Å². The number of hydrogen-bond acceptors (Lipinski definition) is 6. The standard InChI is InChI=1S/C25H24N2O4S/c1-15(2)16-7-9-17(10-8-16)26-23-22(21-6-5-13-32-21)24(28)27(25(23)29)18-11-12-19(30-3)20(14-18)31-4/h5-15,26H,1-4H3. The van der Waals surface area contributed by atoms with Gasteiger partial charge in [-0.1, -0.05) is 32.0 Å². The van der Waals surface area contributed by atoms with E-state index in [4.69, 9.17) is 9.47 Å². The van der Waals surface area contributed by atoms with Crippen molar-refractivity contribution in [3.63, 3.8) is 0 Å². The van der Waals surface area contributed by atoms with E-state index >= 15 is 0 Å². The molecule has 0 bridgehead atoms. The normalized spacial score (nSPS) is 13.8. The van der Waals surface area contributed by atoms with Crippen molar-refractivity contribution in [1.29, 1.82) is 0 Å². The third kappa shape index (κ3) is 3.87. The highest BCUT2D eigenvalue weighted by molar-refractivity contribution is 7.11. The molecule has 0 saturated heterocycles. The Labute approximate surface area is 191 Å². The van der Waals surface area contributed by atoms with Crippen LogP contribution >= 0.6 is 11.3 Å². The van der Waals surface area contributed by atoms with Gasteiger partial charge in [0.2, 0.25) is 0 Å². The maximum Gasteiger partial charge on any atom is 0.282 e. The first kappa shape index (κ1) is 21.6. The largest absolute Gasteiger partial charge is 0.493 e. The van der Waals surface area contributed by atoms with E-state index in [0.717, 1.165) is 10.6 Å². The number of nitrogens with zero attached hydrogens (tertiary/aromatic N) is 1. The first-order chi connectivity index (χ1) is 15.4. The number of methoxy groups -OCH3 is 2. The van der Waals surface area contributed by atoms with Crippen LogP contribution in [0.5, 0.6) is 11.5 Å². The van der Waals surface area contributed by atoms with E-state index in [-0.39, 0.29) is 11.6 Å². The molecule has 1 N–H and O–H groups in total. The third-order valence-corrected chi connectivity index (χ3v) is 6.21. The Balaban J connectivity index is 1.74. The van der Waals surface area contributed by atoms with Gasteiger partial charge in [-0.3, -0.25) is 9.59 Å². The van der Waals surface area contributed by atoms with E-state index < -0.39 is 5.91 Å². The summed E-state index contributed by atoms with van der Waals surface area (Å²) in [4.78, 5) is 28.8. The van der Waals surface area contributed by atoms with Gasteiger partial charge in [-0.15, -0.1) is 11.3 Å². The number of carbonyl (C=O) groups excluding carboxylic acids is 2. The van der Waals surface area contributed by atoms with Crippen LogP contribution in [0.2, 0.25) is 0 Å². The Kier molecular flexibility index (Phi) is 6.01. The molecule has 1 aliphatic rings. The minimum atomic E-state index is -0.418. The number of hydrogen-bond donors (Lipinski definition) is 1. The lowest BCUT2D eigenvalue weighted by atomic mass is 10.0. The van der Waals surface area contributed by atoms with Crippen LogP contribution in [0.15, 0.2) is 65.7 Å². The molecule has 1 aromatic heterocycles. The van der Waals surface area contributed by atoms with Gasteiger partial charge in [0.25, 0.3) is 11.8 Å². The molecule has 2 aromatic carbocycles. The number of ether oxygens (including phenoxy) is 2. The molecule has 4 rings (SSSR count). The summed E-state index contributed by atoms with van der Waals surface area (Å²) in [5.74, 6) is 0.559. The minimum Gasteiger partial charge on any atom is -0.493 e. The molecule has 1 aliphatic heterocycles. The van der Waals surface area contributed by atoms with E-state index in [2.05, 4.69) is 19.2 Å². The molecule has 0 radical (unpaired) electrons. The Morgan fingerprint density at radius 3 is 2.22 bits per heavy atom. The zero-order valence-corrected chi connectivity index (χ0v) is 19.2. The molecule has 0 atom stereocenters. The van der Waals surface area contributed by atoms with E-state index in [1.165, 1.54) is 36.0 Å². The molecule has 164 valence electrons. The highest BCUT2D eigenvalue weighted by Crippen LogP contribution is 2.38. The molecule has 0 saturated carbocycles. The summed E-state index contributed by atoms with van der Waals surface area (Å²) in [5.41, 5.74) is 2.97. The third-order valence-electron chi connectivity index (χ3n) is 5.32. The van der Waals surface area contributed by atoms with Crippen LogP contribution in [0.3, 0.4) is 0 Å². The smallest absolute Gasteiger partial charge is 0.282 e. The lowest BCUT2D eigenvalue weighted by Crippen LogP contribution is -2.32. The van der Waals surface area contributed by atoms with Crippen molar-refractivity contribution < 1.29 is 19.1 Å². The van der Waals surface area contributed by atoms with Crippen LogP contribution in [-0.4, -0.2) is 26.0 Å². The fourth-order valence-corrected chi connectivity index (χ4v) is 4.36. The number of thiophene rings is 1. The van der Waals surface area contributed by atoms with Gasteiger partial charge in [0.15, 0.2) is 11.5 Å². The van der Waals surface area contributed by atoms with Gasteiger partial charge in [-0.2, -0.15) is 0 Å². The summed E-state index contributed by atoms with van der Waals surface area (Å²) in [6.45, 7) is 4.25. The monoisotopic (exact) mass is 448 g/mol. The number of imide groups is 1. The minimum absolute atomic E-state index is 0.254. The SMILES string of the molecule is COc1ccc(N2C(=O)C(Nc3ccc(C(C)C)cc3)=C(c3cccs3)C2=O)cc1OC. The molecular formula is C25H24N2O4S. The molecule has 2 heterocycles. The maximum absolute atomic E-state index is 13.5. The predicted molar refractivity (Wildman–Crippen MR) is 127 cm³/mol. The number of rotatable bonds is 7. The number of nitrogens with one attached hydrogen (secondary N) is 1. The van der Waals surface area contributed by atoms with Crippen LogP contribution in [0.4, 0.5) is 11.4 Å². The maximum atomic E-state index is 13.5. The first-order valence-electron chi connectivity index (χ1n) is 10.2. The number of benzene rings is 2. The van der Waals surface area contributed by atoms with Crippen LogP contribution in [-0.2, 0) is 9.59 Å². The van der Waals surface area contributed by atoms with Gasteiger partial charge in [-0.05, 0) is 47.2 Å². The summed E-state index contributed by atoms with van der Waals surface area (Å²) in [6.07, 6.45) is 0. The molecule has 2 amide bonds. The number of anilines is 2. The highest BCUT2D eigenvalue weighted by Gasteiger charge is 2.41. The van der Waals surface area contributed by atoms with Gasteiger partial charge < -0.3 is 14.8 Å². The fourth-order valence-electron chi connectivity index (χ4n) is 3.59. The molecule has 0 fully saturated rings. The van der Waals surface area contributed by atoms with Crippen molar-refractivity contribution >= 4 is 40.1 Å². The zero-order valence-electron chi connectivity index (χ0n) is 18.3. The second kappa shape index (κ2) is 8.88. The van der Waals surface area contributed by atoms with Crippen molar-refractivity contribution in [2.24, 2.45) is 0 Å². The number of amides is 2. The second-order valence-corrected chi connectivity index (χ2v) is 8.56. The van der Waals surface area contributed by atoms with Crippen LogP contribution in [0.25, 0.3) is 5.57 Å². The number of carbonyl (C=O) groups is 2. The Hall–Kier alpha value is -3.58. The molecule has 6 nitrogen and oxygen atoms in total. The van der Waals surface area contributed by atoms with Gasteiger partial charge in [0.1, 0.15) is 5.70 Å². The van der Waals surface area contributed by atoms with Crippen LogP contribution in [0, 0.1) is 0 Å². The molecule has 32 heavy (non-hydrogen) atoms. The lowest BCUT2D eigenvalue weighted by molar-refractivity contribution is -0.120. The summed E-state index contributed by atoms with van der Waals surface area (Å²) < 4.78 is 10.6. The quantitative estimate of drug-likeness (QED) is 0.498. The molecular weight excluding hydrogens is 424 g/mol. The molecule has 7 heteroatoms. The van der Waals surface area contributed by atoms with Crippen LogP contribution < -0.4 is 19.7 Å². The summed E-state index contributed by atoms with van der Waals surface area (Å²) >= 11 is 1.42. The van der Waals surface area contributed by atoms with Crippen LogP contribution in [0.1, 0.15) is 30.2 Å². The first-order valence-corrected chi connectivity index (χ1v) is 11.1. The predicted octanol–water partition coefficient (Wildman–Crippen LogP) is 5.29. The lowest BCUT2D eigenvalue weighted by Gasteiger charge is -2.17. The Bertz CT molecular complexity index is 1180. The van der Waals surface area contributed by atoms with E-state index in [9.17, 15) is 9.59 Å². The zero-order chi connectivity index (χ0) is 22.8. The molecule has 3 aromatic rings.